The maximum absolute atomic E-state index is 13.0. The van der Waals surface area contributed by atoms with Crippen molar-refractivity contribution < 1.29 is 14.0 Å². The van der Waals surface area contributed by atoms with Crippen LogP contribution in [0.2, 0.25) is 0 Å². The first-order valence-electron chi connectivity index (χ1n) is 3.45. The van der Waals surface area contributed by atoms with Crippen molar-refractivity contribution in [3.05, 3.63) is 35.6 Å². The number of ether oxygens (including phenoxy) is 1. The van der Waals surface area contributed by atoms with Gasteiger partial charge in [-0.3, -0.25) is 0 Å². The van der Waals surface area contributed by atoms with Crippen LogP contribution in [0.15, 0.2) is 29.4 Å². The number of halogens is 1. The minimum atomic E-state index is -0.359. The lowest BCUT2D eigenvalue weighted by molar-refractivity contribution is 0.0582. The average Bonchev–Trinajstić information content (AvgIpc) is 2.57. The summed E-state index contributed by atoms with van der Waals surface area (Å²) in [6.45, 7) is 0.0592. The summed E-state index contributed by atoms with van der Waals surface area (Å²) in [4.78, 5) is 4.57. The number of oxime groups is 1. The van der Waals surface area contributed by atoms with Gasteiger partial charge in [0.05, 0.1) is 5.56 Å². The van der Waals surface area contributed by atoms with Crippen LogP contribution in [0.1, 0.15) is 5.56 Å². The second kappa shape index (κ2) is 2.81. The summed E-state index contributed by atoms with van der Waals surface area (Å²) in [5, 5.41) is 3.52. The molecule has 0 fully saturated rings. The van der Waals surface area contributed by atoms with E-state index in [1.54, 1.807) is 18.2 Å². The summed E-state index contributed by atoms with van der Waals surface area (Å²) in [5.41, 5.74) is 0.329. The molecular weight excluding hydrogens is 161 g/mol. The normalized spacial score (nSPS) is 14.9. The van der Waals surface area contributed by atoms with Crippen LogP contribution in [0, 0.1) is 5.82 Å². The van der Waals surface area contributed by atoms with E-state index in [2.05, 4.69) is 9.99 Å². The molecule has 1 aromatic carbocycles. The summed E-state index contributed by atoms with van der Waals surface area (Å²) in [6.07, 6.45) is 0. The quantitative estimate of drug-likeness (QED) is 0.634. The second-order valence-corrected chi connectivity index (χ2v) is 2.27. The minimum absolute atomic E-state index is 0.0592. The highest BCUT2D eigenvalue weighted by Gasteiger charge is 2.14. The first-order valence-corrected chi connectivity index (χ1v) is 3.45. The Bertz CT molecular complexity index is 325. The van der Waals surface area contributed by atoms with Crippen molar-refractivity contribution in [1.82, 2.24) is 0 Å². The third kappa shape index (κ3) is 1.11. The van der Waals surface area contributed by atoms with Crippen molar-refractivity contribution in [2.75, 3.05) is 6.79 Å². The SMILES string of the molecule is Fc1ccccc1C1=NOCO1. The molecule has 4 heteroatoms. The van der Waals surface area contributed by atoms with Gasteiger partial charge in [0, 0.05) is 0 Å². The van der Waals surface area contributed by atoms with E-state index in [1.165, 1.54) is 6.07 Å². The zero-order chi connectivity index (χ0) is 8.39. The molecule has 0 saturated heterocycles. The molecule has 3 nitrogen and oxygen atoms in total. The van der Waals surface area contributed by atoms with Crippen molar-refractivity contribution in [2.24, 2.45) is 5.16 Å². The van der Waals surface area contributed by atoms with Gasteiger partial charge in [-0.05, 0) is 17.3 Å². The molecule has 0 aromatic heterocycles. The van der Waals surface area contributed by atoms with E-state index >= 15 is 0 Å². The Morgan fingerprint density at radius 3 is 2.83 bits per heavy atom. The maximum atomic E-state index is 13.0. The molecule has 0 atom stereocenters. The van der Waals surface area contributed by atoms with Crippen molar-refractivity contribution in [2.45, 2.75) is 0 Å². The zero-order valence-corrected chi connectivity index (χ0v) is 6.16. The average molecular weight is 167 g/mol. The van der Waals surface area contributed by atoms with Crippen LogP contribution >= 0.6 is 0 Å². The zero-order valence-electron chi connectivity index (χ0n) is 6.16. The summed E-state index contributed by atoms with van der Waals surface area (Å²) < 4.78 is 17.9. The summed E-state index contributed by atoms with van der Waals surface area (Å²) in [7, 11) is 0. The molecule has 2 rings (SSSR count). The standard InChI is InChI=1S/C8H6FNO2/c9-7-4-2-1-3-6(7)8-10-12-5-11-8/h1-4H,5H2. The molecule has 1 heterocycles. The van der Waals surface area contributed by atoms with Gasteiger partial charge >= 0.3 is 0 Å². The van der Waals surface area contributed by atoms with Crippen molar-refractivity contribution in [3.63, 3.8) is 0 Å². The first kappa shape index (κ1) is 7.09. The molecule has 0 amide bonds. The molecule has 0 unspecified atom stereocenters. The monoisotopic (exact) mass is 167 g/mol. The van der Waals surface area contributed by atoms with Gasteiger partial charge in [-0.15, -0.1) is 0 Å². The highest BCUT2D eigenvalue weighted by atomic mass is 19.1. The van der Waals surface area contributed by atoms with Gasteiger partial charge < -0.3 is 9.57 Å². The topological polar surface area (TPSA) is 30.8 Å². The smallest absolute Gasteiger partial charge is 0.263 e. The lowest BCUT2D eigenvalue weighted by atomic mass is 10.2. The Balaban J connectivity index is 2.39. The molecule has 1 aliphatic heterocycles. The fourth-order valence-electron chi connectivity index (χ4n) is 0.955. The Hall–Kier alpha value is -1.58. The number of hydrogen-bond donors (Lipinski definition) is 0. The minimum Gasteiger partial charge on any atom is -0.435 e. The fourth-order valence-corrected chi connectivity index (χ4v) is 0.955. The Labute approximate surface area is 68.4 Å². The number of rotatable bonds is 1. The number of nitrogens with zero attached hydrogens (tertiary/aromatic N) is 1. The van der Waals surface area contributed by atoms with Gasteiger partial charge in [0.25, 0.3) is 12.7 Å². The molecule has 62 valence electrons. The molecule has 0 aliphatic carbocycles. The summed E-state index contributed by atoms with van der Waals surface area (Å²) >= 11 is 0. The van der Waals surface area contributed by atoms with Crippen LogP contribution in [-0.2, 0) is 9.57 Å². The molecule has 0 bridgehead atoms. The molecule has 12 heavy (non-hydrogen) atoms. The van der Waals surface area contributed by atoms with Crippen LogP contribution in [0.25, 0.3) is 0 Å². The van der Waals surface area contributed by atoms with Crippen LogP contribution in [-0.4, -0.2) is 12.7 Å². The predicted octanol–water partition coefficient (Wildman–Crippen LogP) is 1.49. The van der Waals surface area contributed by atoms with Gasteiger partial charge in [0.1, 0.15) is 5.82 Å². The van der Waals surface area contributed by atoms with Crippen LogP contribution < -0.4 is 0 Å². The Morgan fingerprint density at radius 1 is 1.33 bits per heavy atom. The molecule has 1 aliphatic rings. The summed E-state index contributed by atoms with van der Waals surface area (Å²) in [5.74, 6) is -0.158. The Morgan fingerprint density at radius 2 is 2.17 bits per heavy atom. The van der Waals surface area contributed by atoms with Crippen molar-refractivity contribution in [3.8, 4) is 0 Å². The summed E-state index contributed by atoms with van der Waals surface area (Å²) in [6, 6.07) is 6.25. The van der Waals surface area contributed by atoms with E-state index in [9.17, 15) is 4.39 Å². The van der Waals surface area contributed by atoms with E-state index in [4.69, 9.17) is 4.74 Å². The molecule has 1 aromatic rings. The highest BCUT2D eigenvalue weighted by molar-refractivity contribution is 5.94. The maximum Gasteiger partial charge on any atom is 0.263 e. The molecule has 0 N–H and O–H groups in total. The number of hydrogen-bond acceptors (Lipinski definition) is 3. The number of benzene rings is 1. The highest BCUT2D eigenvalue weighted by Crippen LogP contribution is 2.11. The molecule has 0 radical (unpaired) electrons. The second-order valence-electron chi connectivity index (χ2n) is 2.27. The predicted molar refractivity (Wildman–Crippen MR) is 40.0 cm³/mol. The first-order chi connectivity index (χ1) is 5.88. The van der Waals surface area contributed by atoms with Gasteiger partial charge in [-0.1, -0.05) is 12.1 Å². The largest absolute Gasteiger partial charge is 0.435 e. The van der Waals surface area contributed by atoms with Gasteiger partial charge in [0.15, 0.2) is 0 Å². The van der Waals surface area contributed by atoms with Crippen molar-refractivity contribution >= 4 is 5.90 Å². The lowest BCUT2D eigenvalue weighted by Gasteiger charge is -1.98. The van der Waals surface area contributed by atoms with Crippen LogP contribution in [0.5, 0.6) is 0 Å². The van der Waals surface area contributed by atoms with E-state index in [1.807, 2.05) is 0 Å². The van der Waals surface area contributed by atoms with Crippen LogP contribution in [0.3, 0.4) is 0 Å². The van der Waals surface area contributed by atoms with E-state index in [-0.39, 0.29) is 18.5 Å². The van der Waals surface area contributed by atoms with E-state index in [0.717, 1.165) is 0 Å². The fraction of sp³-hybridized carbons (Fsp3) is 0.125. The molecular formula is C8H6FNO2. The van der Waals surface area contributed by atoms with E-state index < -0.39 is 0 Å². The molecule has 0 spiro atoms. The van der Waals surface area contributed by atoms with Gasteiger partial charge in [0.2, 0.25) is 0 Å². The van der Waals surface area contributed by atoms with Crippen LogP contribution in [0.4, 0.5) is 4.39 Å². The lowest BCUT2D eigenvalue weighted by Crippen LogP contribution is -2.03. The van der Waals surface area contributed by atoms with Gasteiger partial charge in [-0.2, -0.15) is 0 Å². The molecule has 0 saturated carbocycles. The van der Waals surface area contributed by atoms with E-state index in [0.29, 0.717) is 5.56 Å². The Kier molecular flexibility index (Phi) is 1.66. The van der Waals surface area contributed by atoms with Gasteiger partial charge in [-0.25, -0.2) is 4.39 Å². The van der Waals surface area contributed by atoms with Crippen molar-refractivity contribution in [1.29, 1.82) is 0 Å². The third-order valence-electron chi connectivity index (χ3n) is 1.50. The third-order valence-corrected chi connectivity index (χ3v) is 1.50.